The van der Waals surface area contributed by atoms with Gasteiger partial charge in [-0.2, -0.15) is 8.78 Å². The maximum absolute atomic E-state index is 15.2. The van der Waals surface area contributed by atoms with Crippen LogP contribution in [0.1, 0.15) is 25.8 Å². The van der Waals surface area contributed by atoms with Gasteiger partial charge in [0.2, 0.25) is 0 Å². The second kappa shape index (κ2) is 5.79. The summed E-state index contributed by atoms with van der Waals surface area (Å²) in [5.74, 6) is -2.90. The Morgan fingerprint density at radius 1 is 1.15 bits per heavy atom. The minimum absolute atomic E-state index is 0.0404. The number of rotatable bonds is 1. The average molecular weight is 394 g/mol. The molecule has 3 heterocycles. The van der Waals surface area contributed by atoms with Crippen molar-refractivity contribution < 1.29 is 18.3 Å². The Balaban J connectivity index is 1.96. The van der Waals surface area contributed by atoms with E-state index in [9.17, 15) is 0 Å². The van der Waals surface area contributed by atoms with E-state index in [0.29, 0.717) is 21.9 Å². The molecular formula is C19H18ClF2N3O2. The molecule has 0 saturated carbocycles. The van der Waals surface area contributed by atoms with Gasteiger partial charge in [0.15, 0.2) is 12.1 Å². The van der Waals surface area contributed by atoms with E-state index in [1.165, 1.54) is 6.20 Å². The molecule has 0 fully saturated rings. The van der Waals surface area contributed by atoms with E-state index >= 15 is 8.78 Å². The molecule has 2 aliphatic heterocycles. The minimum atomic E-state index is -3.25. The smallest absolute Gasteiger partial charge is 0.310 e. The first-order valence-electron chi connectivity index (χ1n) is 8.42. The van der Waals surface area contributed by atoms with E-state index in [1.807, 2.05) is 0 Å². The van der Waals surface area contributed by atoms with Crippen LogP contribution in [0.15, 0.2) is 41.7 Å². The van der Waals surface area contributed by atoms with Gasteiger partial charge in [0.05, 0.1) is 5.02 Å². The number of hydrogen-bond donors (Lipinski definition) is 1. The van der Waals surface area contributed by atoms with Crippen LogP contribution in [0.2, 0.25) is 5.02 Å². The van der Waals surface area contributed by atoms with E-state index in [-0.39, 0.29) is 18.0 Å². The molecule has 0 bridgehead atoms. The van der Waals surface area contributed by atoms with Gasteiger partial charge in [-0.05, 0) is 37.6 Å². The zero-order valence-corrected chi connectivity index (χ0v) is 15.6. The highest BCUT2D eigenvalue weighted by atomic mass is 35.5. The zero-order valence-electron chi connectivity index (χ0n) is 14.8. The largest absolute Gasteiger partial charge is 0.487 e. The maximum Gasteiger partial charge on any atom is 0.310 e. The van der Waals surface area contributed by atoms with Gasteiger partial charge in [-0.3, -0.25) is 4.98 Å². The lowest BCUT2D eigenvalue weighted by Gasteiger charge is -2.48. The normalized spacial score (nSPS) is 25.1. The molecule has 0 saturated heterocycles. The highest BCUT2D eigenvalue weighted by Crippen LogP contribution is 2.55. The number of alkyl halides is 2. The van der Waals surface area contributed by atoms with Crippen LogP contribution in [0.4, 0.5) is 8.78 Å². The maximum atomic E-state index is 15.2. The van der Waals surface area contributed by atoms with Gasteiger partial charge in [-0.15, -0.1) is 0 Å². The number of nitrogens with two attached hydrogens (primary N) is 1. The molecule has 0 amide bonds. The van der Waals surface area contributed by atoms with E-state index in [4.69, 9.17) is 26.8 Å². The van der Waals surface area contributed by atoms with Crippen molar-refractivity contribution in [2.24, 2.45) is 10.7 Å². The van der Waals surface area contributed by atoms with Crippen molar-refractivity contribution in [1.82, 2.24) is 4.98 Å². The minimum Gasteiger partial charge on any atom is -0.487 e. The molecule has 8 heteroatoms. The Morgan fingerprint density at radius 3 is 2.67 bits per heavy atom. The third-order valence-corrected chi connectivity index (χ3v) is 5.05. The van der Waals surface area contributed by atoms with Crippen LogP contribution in [0.5, 0.6) is 5.75 Å². The second-order valence-corrected chi connectivity index (χ2v) is 7.88. The van der Waals surface area contributed by atoms with Crippen LogP contribution in [0.3, 0.4) is 0 Å². The zero-order chi connectivity index (χ0) is 19.4. The van der Waals surface area contributed by atoms with Crippen molar-refractivity contribution in [3.63, 3.8) is 0 Å². The molecule has 1 aromatic heterocycles. The molecule has 2 aliphatic rings. The number of nitrogens with zero attached hydrogens (tertiary/aromatic N) is 2. The fourth-order valence-electron chi connectivity index (χ4n) is 3.75. The summed E-state index contributed by atoms with van der Waals surface area (Å²) < 4.78 is 41.1. The average Bonchev–Trinajstić information content (AvgIpc) is 2.58. The van der Waals surface area contributed by atoms with E-state index < -0.39 is 23.7 Å². The molecule has 2 N–H and O–H groups in total. The predicted octanol–water partition coefficient (Wildman–Crippen LogP) is 4.14. The molecular weight excluding hydrogens is 376 g/mol. The van der Waals surface area contributed by atoms with Gasteiger partial charge in [-0.25, -0.2) is 4.99 Å². The summed E-state index contributed by atoms with van der Waals surface area (Å²) in [7, 11) is 0. The molecule has 142 valence electrons. The summed E-state index contributed by atoms with van der Waals surface area (Å²) in [6.07, 6.45) is 3.09. The number of halogens is 3. The quantitative estimate of drug-likeness (QED) is 0.790. The first kappa shape index (κ1) is 18.0. The number of fused-ring (bicyclic) bond motifs is 2. The van der Waals surface area contributed by atoms with Crippen molar-refractivity contribution in [3.8, 4) is 16.9 Å². The summed E-state index contributed by atoms with van der Waals surface area (Å²) in [6.45, 7) is 2.67. The Hall–Kier alpha value is -2.41. The van der Waals surface area contributed by atoms with Gasteiger partial charge < -0.3 is 15.2 Å². The Labute approximate surface area is 160 Å². The van der Waals surface area contributed by atoms with Crippen LogP contribution in [-0.2, 0) is 10.3 Å². The molecule has 0 aliphatic carbocycles. The van der Waals surface area contributed by atoms with Crippen molar-refractivity contribution in [1.29, 1.82) is 0 Å². The summed E-state index contributed by atoms with van der Waals surface area (Å²) in [5.41, 5.74) is 4.65. The van der Waals surface area contributed by atoms with Gasteiger partial charge in [-0.1, -0.05) is 17.7 Å². The lowest BCUT2D eigenvalue weighted by Crippen LogP contribution is -2.58. The molecule has 27 heavy (non-hydrogen) atoms. The number of pyridine rings is 1. The molecule has 1 atom stereocenters. The van der Waals surface area contributed by atoms with Gasteiger partial charge in [0, 0.05) is 29.9 Å². The highest BCUT2D eigenvalue weighted by molar-refractivity contribution is 6.30. The van der Waals surface area contributed by atoms with Gasteiger partial charge >= 0.3 is 5.92 Å². The highest BCUT2D eigenvalue weighted by Gasteiger charge is 2.63. The number of amidine groups is 1. The van der Waals surface area contributed by atoms with Gasteiger partial charge in [0.1, 0.15) is 11.4 Å². The first-order chi connectivity index (χ1) is 12.6. The Morgan fingerprint density at radius 2 is 1.93 bits per heavy atom. The van der Waals surface area contributed by atoms with Crippen molar-refractivity contribution in [3.05, 3.63) is 47.2 Å². The van der Waals surface area contributed by atoms with Crippen LogP contribution in [0.25, 0.3) is 11.1 Å². The molecule has 1 unspecified atom stereocenters. The number of aliphatic imine (C=N–C) groups is 1. The topological polar surface area (TPSA) is 69.7 Å². The molecule has 1 spiro atoms. The molecule has 4 rings (SSSR count). The molecule has 1 aromatic carbocycles. The van der Waals surface area contributed by atoms with Crippen molar-refractivity contribution in [2.45, 2.75) is 37.3 Å². The molecule has 0 radical (unpaired) electrons. The first-order valence-corrected chi connectivity index (χ1v) is 8.80. The van der Waals surface area contributed by atoms with Gasteiger partial charge in [0.25, 0.3) is 6.02 Å². The van der Waals surface area contributed by atoms with E-state index in [2.05, 4.69) is 9.98 Å². The van der Waals surface area contributed by atoms with Crippen molar-refractivity contribution in [2.75, 3.05) is 6.61 Å². The van der Waals surface area contributed by atoms with E-state index in [0.717, 1.165) is 0 Å². The van der Waals surface area contributed by atoms with Crippen LogP contribution < -0.4 is 10.5 Å². The molecule has 5 nitrogen and oxygen atoms in total. The SMILES string of the molecule is CC1(C)CC2(N=C(N)OCC2(F)F)c2cc(-c3cncc(Cl)c3)ccc2O1. The summed E-state index contributed by atoms with van der Waals surface area (Å²) in [6, 6.07) is 6.57. The van der Waals surface area contributed by atoms with Crippen LogP contribution in [-0.4, -0.2) is 29.1 Å². The third-order valence-electron chi connectivity index (χ3n) is 4.84. The Bertz CT molecular complexity index is 948. The molecule has 2 aromatic rings. The summed E-state index contributed by atoms with van der Waals surface area (Å²) in [4.78, 5) is 8.18. The fraction of sp³-hybridized carbons (Fsp3) is 0.368. The standard InChI is InChI=1S/C19H18ClF2N3O2/c1-17(2)9-18(19(21,22)10-26-16(23)25-18)14-6-11(3-4-15(14)27-17)12-5-13(20)8-24-7-12/h3-8H,9-10H2,1-2H3,(H2,23,25). The number of aromatic nitrogens is 1. The number of ether oxygens (including phenoxy) is 2. The number of hydrogen-bond acceptors (Lipinski definition) is 5. The monoisotopic (exact) mass is 393 g/mol. The van der Waals surface area contributed by atoms with Crippen molar-refractivity contribution >= 4 is 17.6 Å². The Kier molecular flexibility index (Phi) is 3.86. The van der Waals surface area contributed by atoms with E-state index in [1.54, 1.807) is 44.3 Å². The van der Waals surface area contributed by atoms with Crippen LogP contribution in [0, 0.1) is 0 Å². The summed E-state index contributed by atoms with van der Waals surface area (Å²) >= 11 is 6.02. The number of benzene rings is 1. The second-order valence-electron chi connectivity index (χ2n) is 7.44. The third kappa shape index (κ3) is 2.90. The predicted molar refractivity (Wildman–Crippen MR) is 98.2 cm³/mol. The fourth-order valence-corrected chi connectivity index (χ4v) is 3.92. The van der Waals surface area contributed by atoms with Crippen LogP contribution >= 0.6 is 11.6 Å². The lowest BCUT2D eigenvalue weighted by molar-refractivity contribution is -0.148. The lowest BCUT2D eigenvalue weighted by atomic mass is 9.73. The summed E-state index contributed by atoms with van der Waals surface area (Å²) in [5, 5.41) is 0.455.